The zero-order valence-electron chi connectivity index (χ0n) is 19.0. The van der Waals surface area contributed by atoms with Crippen LogP contribution in [0.4, 0.5) is 0 Å². The molecule has 2 aromatic rings. The highest BCUT2D eigenvalue weighted by Gasteiger charge is 2.36. The largest absolute Gasteiger partial charge is 0.489 e. The Kier molecular flexibility index (Phi) is 8.44. The van der Waals surface area contributed by atoms with E-state index in [2.05, 4.69) is 29.0 Å². The molecule has 1 saturated carbocycles. The van der Waals surface area contributed by atoms with Crippen LogP contribution in [0.25, 0.3) is 0 Å². The van der Waals surface area contributed by atoms with Gasteiger partial charge in [0.05, 0.1) is 19.3 Å². The third kappa shape index (κ3) is 6.03. The summed E-state index contributed by atoms with van der Waals surface area (Å²) < 4.78 is 11.7. The summed E-state index contributed by atoms with van der Waals surface area (Å²) in [4.78, 5) is 4.71. The fourth-order valence-corrected chi connectivity index (χ4v) is 5.22. The number of morpholine rings is 1. The Morgan fingerprint density at radius 3 is 2.62 bits per heavy atom. The lowest BCUT2D eigenvalue weighted by Crippen LogP contribution is -2.54. The first-order chi connectivity index (χ1) is 15.6. The van der Waals surface area contributed by atoms with Crippen LogP contribution in [0.1, 0.15) is 36.8 Å². The van der Waals surface area contributed by atoms with Crippen LogP contribution in [0.5, 0.6) is 5.75 Å². The molecule has 3 atom stereocenters. The molecular weight excluding hydrogens is 424 g/mol. The molecule has 1 heterocycles. The summed E-state index contributed by atoms with van der Waals surface area (Å²) in [6.07, 6.45) is 3.97. The molecule has 1 N–H and O–H groups in total. The Bertz CT molecular complexity index is 844. The maximum atomic E-state index is 11.4. The van der Waals surface area contributed by atoms with Crippen LogP contribution in [0.2, 0.25) is 5.02 Å². The Balaban J connectivity index is 1.45. The SMILES string of the molecule is CN(Cc1cc(Cl)ccc1OCc1ccccc1)[C@@H]1CCCC[C@@H](N2CCOCC2)[C@@H]1O. The van der Waals surface area contributed by atoms with Crippen molar-refractivity contribution in [1.82, 2.24) is 9.80 Å². The highest BCUT2D eigenvalue weighted by molar-refractivity contribution is 6.30. The van der Waals surface area contributed by atoms with Gasteiger partial charge in [0.25, 0.3) is 0 Å². The topological polar surface area (TPSA) is 45.2 Å². The maximum Gasteiger partial charge on any atom is 0.124 e. The Morgan fingerprint density at radius 2 is 1.84 bits per heavy atom. The average Bonchev–Trinajstić information content (AvgIpc) is 3.01. The normalized spacial score (nSPS) is 24.9. The summed E-state index contributed by atoms with van der Waals surface area (Å²) in [7, 11) is 2.11. The number of hydrogen-bond acceptors (Lipinski definition) is 5. The number of rotatable bonds is 7. The van der Waals surface area contributed by atoms with Crippen LogP contribution in [0.15, 0.2) is 48.5 Å². The van der Waals surface area contributed by atoms with Crippen LogP contribution in [0, 0.1) is 0 Å². The number of halogens is 1. The lowest BCUT2D eigenvalue weighted by atomic mass is 9.98. The lowest BCUT2D eigenvalue weighted by Gasteiger charge is -2.41. The van der Waals surface area contributed by atoms with Gasteiger partial charge >= 0.3 is 0 Å². The van der Waals surface area contributed by atoms with E-state index in [9.17, 15) is 5.11 Å². The number of ether oxygens (including phenoxy) is 2. The predicted octanol–water partition coefficient (Wildman–Crippen LogP) is 4.36. The highest BCUT2D eigenvalue weighted by Crippen LogP contribution is 2.30. The second-order valence-electron chi connectivity index (χ2n) is 9.00. The first-order valence-corrected chi connectivity index (χ1v) is 12.1. The molecule has 1 aliphatic carbocycles. The van der Waals surface area contributed by atoms with Gasteiger partial charge < -0.3 is 14.6 Å². The van der Waals surface area contributed by atoms with E-state index in [1.165, 1.54) is 0 Å². The van der Waals surface area contributed by atoms with Gasteiger partial charge in [-0.15, -0.1) is 0 Å². The van der Waals surface area contributed by atoms with Gasteiger partial charge in [0.1, 0.15) is 12.4 Å². The number of likely N-dealkylation sites (N-methyl/N-ethyl adjacent to an activating group) is 1. The van der Waals surface area contributed by atoms with Crippen LogP contribution in [-0.4, -0.2) is 66.4 Å². The van der Waals surface area contributed by atoms with Gasteiger partial charge in [-0.05, 0) is 43.7 Å². The second kappa shape index (κ2) is 11.5. The molecule has 0 unspecified atom stereocenters. The van der Waals surface area contributed by atoms with Gasteiger partial charge in [0.2, 0.25) is 0 Å². The Morgan fingerprint density at radius 1 is 1.09 bits per heavy atom. The van der Waals surface area contributed by atoms with Crippen molar-refractivity contribution in [3.05, 3.63) is 64.7 Å². The molecule has 1 saturated heterocycles. The predicted molar refractivity (Wildman–Crippen MR) is 128 cm³/mol. The maximum absolute atomic E-state index is 11.4. The summed E-state index contributed by atoms with van der Waals surface area (Å²) in [5, 5.41) is 12.1. The molecule has 0 radical (unpaired) electrons. The zero-order chi connectivity index (χ0) is 22.3. The molecule has 6 heteroatoms. The van der Waals surface area contributed by atoms with Crippen molar-refractivity contribution in [2.24, 2.45) is 0 Å². The quantitative estimate of drug-likeness (QED) is 0.625. The minimum atomic E-state index is -0.381. The first kappa shape index (κ1) is 23.5. The number of benzene rings is 2. The van der Waals surface area contributed by atoms with Gasteiger partial charge in [-0.25, -0.2) is 0 Å². The van der Waals surface area contributed by atoms with E-state index in [0.29, 0.717) is 18.2 Å². The summed E-state index contributed by atoms with van der Waals surface area (Å²) in [5.74, 6) is 0.845. The standard InChI is InChI=1S/C26H35ClN2O3/c1-28(23-9-5-6-10-24(26(23)30)29-13-15-31-16-14-29)18-21-17-22(27)11-12-25(21)32-19-20-7-3-2-4-8-20/h2-4,7-8,11-12,17,23-24,26,30H,5-6,9-10,13-16,18-19H2,1H3/t23-,24-,26-/m1/s1. The van der Waals surface area contributed by atoms with Crippen molar-refractivity contribution >= 4 is 11.6 Å². The average molecular weight is 459 g/mol. The summed E-state index contributed by atoms with van der Waals surface area (Å²) in [6.45, 7) is 4.53. The molecule has 5 nitrogen and oxygen atoms in total. The molecule has 32 heavy (non-hydrogen) atoms. The van der Waals surface area contributed by atoms with Crippen molar-refractivity contribution in [1.29, 1.82) is 0 Å². The fraction of sp³-hybridized carbons (Fsp3) is 0.538. The minimum absolute atomic E-state index is 0.103. The third-order valence-corrected chi connectivity index (χ3v) is 7.03. The van der Waals surface area contributed by atoms with Gasteiger partial charge in [-0.1, -0.05) is 54.8 Å². The van der Waals surface area contributed by atoms with E-state index < -0.39 is 0 Å². The van der Waals surface area contributed by atoms with Crippen molar-refractivity contribution in [2.75, 3.05) is 33.4 Å². The molecule has 0 aromatic heterocycles. The summed E-state index contributed by atoms with van der Waals surface area (Å²) in [6, 6.07) is 16.3. The lowest BCUT2D eigenvalue weighted by molar-refractivity contribution is -0.0470. The van der Waals surface area contributed by atoms with Crippen LogP contribution >= 0.6 is 11.6 Å². The van der Waals surface area contributed by atoms with Gasteiger partial charge in [-0.2, -0.15) is 0 Å². The number of nitrogens with zero attached hydrogens (tertiary/aromatic N) is 2. The molecule has 1 aliphatic heterocycles. The molecule has 0 spiro atoms. The van der Waals surface area contributed by atoms with Crippen LogP contribution in [0.3, 0.4) is 0 Å². The monoisotopic (exact) mass is 458 g/mol. The number of aliphatic hydroxyl groups is 1. The molecule has 4 rings (SSSR count). The molecule has 2 aliphatic rings. The van der Waals surface area contributed by atoms with Crippen molar-refractivity contribution in [2.45, 2.75) is 57.0 Å². The first-order valence-electron chi connectivity index (χ1n) is 11.8. The highest BCUT2D eigenvalue weighted by atomic mass is 35.5. The van der Waals surface area contributed by atoms with Crippen molar-refractivity contribution in [3.63, 3.8) is 0 Å². The molecule has 2 fully saturated rings. The molecule has 0 amide bonds. The van der Waals surface area contributed by atoms with E-state index in [1.54, 1.807) is 0 Å². The van der Waals surface area contributed by atoms with E-state index >= 15 is 0 Å². The van der Waals surface area contributed by atoms with E-state index in [4.69, 9.17) is 21.1 Å². The van der Waals surface area contributed by atoms with E-state index in [1.807, 2.05) is 36.4 Å². The molecule has 2 aromatic carbocycles. The van der Waals surface area contributed by atoms with Gasteiger partial charge in [-0.3, -0.25) is 9.80 Å². The molecule has 174 valence electrons. The van der Waals surface area contributed by atoms with Gasteiger partial charge in [0.15, 0.2) is 0 Å². The van der Waals surface area contributed by atoms with Gasteiger partial charge in [0, 0.05) is 42.3 Å². The van der Waals surface area contributed by atoms with E-state index in [0.717, 1.165) is 68.9 Å². The second-order valence-corrected chi connectivity index (χ2v) is 9.44. The molecular formula is C26H35ClN2O3. The number of hydrogen-bond donors (Lipinski definition) is 1. The zero-order valence-corrected chi connectivity index (χ0v) is 19.7. The Hall–Kier alpha value is -1.63. The fourth-order valence-electron chi connectivity index (χ4n) is 5.03. The summed E-state index contributed by atoms with van der Waals surface area (Å²) >= 11 is 6.34. The summed E-state index contributed by atoms with van der Waals surface area (Å²) in [5.41, 5.74) is 2.18. The number of aliphatic hydroxyl groups excluding tert-OH is 1. The van der Waals surface area contributed by atoms with Crippen molar-refractivity contribution < 1.29 is 14.6 Å². The minimum Gasteiger partial charge on any atom is -0.489 e. The smallest absolute Gasteiger partial charge is 0.124 e. The van der Waals surface area contributed by atoms with Crippen LogP contribution < -0.4 is 4.74 Å². The molecule has 0 bridgehead atoms. The Labute approximate surface area is 196 Å². The van der Waals surface area contributed by atoms with Crippen LogP contribution in [-0.2, 0) is 17.9 Å². The third-order valence-electron chi connectivity index (χ3n) is 6.80. The van der Waals surface area contributed by atoms with E-state index in [-0.39, 0.29) is 18.2 Å². The van der Waals surface area contributed by atoms with Crippen molar-refractivity contribution in [3.8, 4) is 5.75 Å².